The molecule has 0 atom stereocenters. The van der Waals surface area contributed by atoms with Crippen LogP contribution in [0.25, 0.3) is 0 Å². The third-order valence-corrected chi connectivity index (χ3v) is 2.91. The van der Waals surface area contributed by atoms with Gasteiger partial charge < -0.3 is 9.88 Å². The molecule has 0 radical (unpaired) electrons. The van der Waals surface area contributed by atoms with E-state index in [1.54, 1.807) is 0 Å². The SMILES string of the molecule is CCCCCCCCNCc1nccn1C. The molecule has 0 aliphatic heterocycles. The second-order valence-corrected chi connectivity index (χ2v) is 4.40. The molecule has 3 heteroatoms. The number of rotatable bonds is 9. The predicted octanol–water partition coefficient (Wildman–Crippen LogP) is 2.87. The molecule has 0 aliphatic carbocycles. The molecule has 0 saturated carbocycles. The minimum atomic E-state index is 0.887. The summed E-state index contributed by atoms with van der Waals surface area (Å²) >= 11 is 0. The highest BCUT2D eigenvalue weighted by molar-refractivity contribution is 4.90. The lowest BCUT2D eigenvalue weighted by atomic mass is 10.1. The molecule has 0 bridgehead atoms. The van der Waals surface area contributed by atoms with Gasteiger partial charge in [-0.3, -0.25) is 0 Å². The number of nitrogens with zero attached hydrogens (tertiary/aromatic N) is 2. The van der Waals surface area contributed by atoms with Crippen LogP contribution in [0.2, 0.25) is 0 Å². The molecule has 16 heavy (non-hydrogen) atoms. The van der Waals surface area contributed by atoms with Gasteiger partial charge in [-0.1, -0.05) is 39.0 Å². The van der Waals surface area contributed by atoms with Gasteiger partial charge in [0.2, 0.25) is 0 Å². The van der Waals surface area contributed by atoms with Crippen molar-refractivity contribution in [3.8, 4) is 0 Å². The molecule has 92 valence electrons. The van der Waals surface area contributed by atoms with Gasteiger partial charge in [-0.2, -0.15) is 0 Å². The summed E-state index contributed by atoms with van der Waals surface area (Å²) in [6.07, 6.45) is 12.0. The summed E-state index contributed by atoms with van der Waals surface area (Å²) < 4.78 is 2.06. The van der Waals surface area contributed by atoms with Crippen LogP contribution in [0.15, 0.2) is 12.4 Å². The second kappa shape index (κ2) is 8.34. The lowest BCUT2D eigenvalue weighted by Gasteiger charge is -2.04. The highest BCUT2D eigenvalue weighted by Crippen LogP contribution is 2.04. The smallest absolute Gasteiger partial charge is 0.122 e. The monoisotopic (exact) mass is 223 g/mol. The van der Waals surface area contributed by atoms with E-state index in [4.69, 9.17) is 0 Å². The van der Waals surface area contributed by atoms with Crippen LogP contribution < -0.4 is 5.32 Å². The topological polar surface area (TPSA) is 29.9 Å². The van der Waals surface area contributed by atoms with Crippen LogP contribution in [0.5, 0.6) is 0 Å². The molecule has 0 spiro atoms. The van der Waals surface area contributed by atoms with Gasteiger partial charge in [0.05, 0.1) is 6.54 Å². The Morgan fingerprint density at radius 3 is 2.62 bits per heavy atom. The Hall–Kier alpha value is -0.830. The zero-order chi connectivity index (χ0) is 11.6. The summed E-state index contributed by atoms with van der Waals surface area (Å²) in [6, 6.07) is 0. The normalized spacial score (nSPS) is 10.9. The fraction of sp³-hybridized carbons (Fsp3) is 0.769. The van der Waals surface area contributed by atoms with Crippen molar-refractivity contribution in [2.45, 2.75) is 52.0 Å². The summed E-state index contributed by atoms with van der Waals surface area (Å²) in [5.74, 6) is 1.12. The number of nitrogens with one attached hydrogen (secondary N) is 1. The Kier molecular flexibility index (Phi) is 6.90. The van der Waals surface area contributed by atoms with Crippen LogP contribution in [0.3, 0.4) is 0 Å². The average Bonchev–Trinajstić information content (AvgIpc) is 2.68. The van der Waals surface area contributed by atoms with Crippen LogP contribution in [-0.2, 0) is 13.6 Å². The highest BCUT2D eigenvalue weighted by atomic mass is 15.1. The van der Waals surface area contributed by atoms with Crippen molar-refractivity contribution in [1.29, 1.82) is 0 Å². The Labute approximate surface area is 99.3 Å². The third-order valence-electron chi connectivity index (χ3n) is 2.91. The molecular weight excluding hydrogens is 198 g/mol. The van der Waals surface area contributed by atoms with Gasteiger partial charge in [-0.15, -0.1) is 0 Å². The highest BCUT2D eigenvalue weighted by Gasteiger charge is 1.97. The van der Waals surface area contributed by atoms with Crippen LogP contribution in [0, 0.1) is 0 Å². The van der Waals surface area contributed by atoms with Crippen molar-refractivity contribution >= 4 is 0 Å². The van der Waals surface area contributed by atoms with E-state index in [0.29, 0.717) is 0 Å². The molecule has 1 heterocycles. The largest absolute Gasteiger partial charge is 0.337 e. The van der Waals surface area contributed by atoms with Gasteiger partial charge in [0, 0.05) is 19.4 Å². The van der Waals surface area contributed by atoms with Crippen LogP contribution in [0.1, 0.15) is 51.3 Å². The van der Waals surface area contributed by atoms with Crippen molar-refractivity contribution in [3.63, 3.8) is 0 Å². The molecule has 0 unspecified atom stereocenters. The van der Waals surface area contributed by atoms with Crippen molar-refractivity contribution in [2.24, 2.45) is 7.05 Å². The molecule has 0 aliphatic rings. The van der Waals surface area contributed by atoms with Gasteiger partial charge >= 0.3 is 0 Å². The first-order chi connectivity index (χ1) is 7.84. The number of aryl methyl sites for hydroxylation is 1. The molecule has 0 saturated heterocycles. The number of imidazole rings is 1. The van der Waals surface area contributed by atoms with E-state index in [0.717, 1.165) is 18.9 Å². The number of unbranched alkanes of at least 4 members (excludes halogenated alkanes) is 5. The van der Waals surface area contributed by atoms with Gasteiger partial charge in [-0.05, 0) is 13.0 Å². The first-order valence-corrected chi connectivity index (χ1v) is 6.51. The zero-order valence-electron chi connectivity index (χ0n) is 10.7. The molecule has 1 N–H and O–H groups in total. The van der Waals surface area contributed by atoms with E-state index in [2.05, 4.69) is 21.8 Å². The summed E-state index contributed by atoms with van der Waals surface area (Å²) in [6.45, 7) is 4.26. The van der Waals surface area contributed by atoms with Crippen molar-refractivity contribution in [3.05, 3.63) is 18.2 Å². The average molecular weight is 223 g/mol. The molecule has 1 rings (SSSR count). The fourth-order valence-electron chi connectivity index (χ4n) is 1.80. The van der Waals surface area contributed by atoms with Crippen molar-refractivity contribution < 1.29 is 0 Å². The van der Waals surface area contributed by atoms with Crippen molar-refractivity contribution in [2.75, 3.05) is 6.54 Å². The van der Waals surface area contributed by atoms with E-state index < -0.39 is 0 Å². The molecule has 3 nitrogen and oxygen atoms in total. The lowest BCUT2D eigenvalue weighted by Crippen LogP contribution is -2.17. The summed E-state index contributed by atoms with van der Waals surface area (Å²) in [5.41, 5.74) is 0. The third kappa shape index (κ3) is 5.31. The first kappa shape index (κ1) is 13.2. The fourth-order valence-corrected chi connectivity index (χ4v) is 1.80. The van der Waals surface area contributed by atoms with E-state index in [9.17, 15) is 0 Å². The summed E-state index contributed by atoms with van der Waals surface area (Å²) in [5, 5.41) is 3.44. The van der Waals surface area contributed by atoms with Crippen LogP contribution >= 0.6 is 0 Å². The van der Waals surface area contributed by atoms with E-state index in [1.165, 1.54) is 38.5 Å². The maximum absolute atomic E-state index is 4.27. The van der Waals surface area contributed by atoms with Gasteiger partial charge in [0.25, 0.3) is 0 Å². The molecule has 0 fully saturated rings. The van der Waals surface area contributed by atoms with Crippen LogP contribution in [-0.4, -0.2) is 16.1 Å². The maximum atomic E-state index is 4.27. The van der Waals surface area contributed by atoms with E-state index >= 15 is 0 Å². The Balaban J connectivity index is 1.91. The first-order valence-electron chi connectivity index (χ1n) is 6.51. The van der Waals surface area contributed by atoms with Crippen molar-refractivity contribution in [1.82, 2.24) is 14.9 Å². The quantitative estimate of drug-likeness (QED) is 0.652. The number of aromatic nitrogens is 2. The lowest BCUT2D eigenvalue weighted by molar-refractivity contribution is 0.560. The number of hydrogen-bond donors (Lipinski definition) is 1. The Bertz CT molecular complexity index is 268. The summed E-state index contributed by atoms with van der Waals surface area (Å²) in [7, 11) is 2.04. The minimum Gasteiger partial charge on any atom is -0.337 e. The van der Waals surface area contributed by atoms with Gasteiger partial charge in [-0.25, -0.2) is 4.98 Å². The van der Waals surface area contributed by atoms with E-state index in [-0.39, 0.29) is 0 Å². The molecule has 0 amide bonds. The zero-order valence-corrected chi connectivity index (χ0v) is 10.7. The van der Waals surface area contributed by atoms with Crippen LogP contribution in [0.4, 0.5) is 0 Å². The standard InChI is InChI=1S/C13H25N3/c1-3-4-5-6-7-8-9-14-12-13-15-10-11-16(13)2/h10-11,14H,3-9,12H2,1-2H3. The van der Waals surface area contributed by atoms with Gasteiger partial charge in [0.15, 0.2) is 0 Å². The van der Waals surface area contributed by atoms with E-state index in [1.807, 2.05) is 19.4 Å². The van der Waals surface area contributed by atoms with Gasteiger partial charge in [0.1, 0.15) is 5.82 Å². The molecule has 0 aromatic carbocycles. The molecule has 1 aromatic rings. The Morgan fingerprint density at radius 2 is 1.94 bits per heavy atom. The predicted molar refractivity (Wildman–Crippen MR) is 68.3 cm³/mol. The molecular formula is C13H25N3. The Morgan fingerprint density at radius 1 is 1.19 bits per heavy atom. The second-order valence-electron chi connectivity index (χ2n) is 4.40. The minimum absolute atomic E-state index is 0.887. The number of hydrogen-bond acceptors (Lipinski definition) is 2. The maximum Gasteiger partial charge on any atom is 0.122 e. The molecule has 1 aromatic heterocycles. The summed E-state index contributed by atoms with van der Waals surface area (Å²) in [4.78, 5) is 4.27.